The smallest absolute Gasteiger partial charge is 0.311 e. The number of nitrogens with zero attached hydrogens (tertiary/aromatic N) is 1. The van der Waals surface area contributed by atoms with Gasteiger partial charge in [0.1, 0.15) is 0 Å². The average Bonchev–Trinajstić information content (AvgIpc) is 2.39. The molecule has 2 atom stereocenters. The van der Waals surface area contributed by atoms with Crippen LogP contribution in [0, 0.1) is 11.8 Å². The molecular formula is C12H22N2O3S2. The summed E-state index contributed by atoms with van der Waals surface area (Å²) in [6, 6.07) is 0. The van der Waals surface area contributed by atoms with Gasteiger partial charge < -0.3 is 10.8 Å². The van der Waals surface area contributed by atoms with E-state index in [2.05, 4.69) is 4.99 Å². The Balaban J connectivity index is 4.45. The monoisotopic (exact) mass is 306 g/mol. The number of carboxylic acids is 1. The van der Waals surface area contributed by atoms with Crippen LogP contribution in [0.5, 0.6) is 0 Å². The van der Waals surface area contributed by atoms with Crippen molar-refractivity contribution in [3.05, 3.63) is 0 Å². The molecular weight excluding hydrogens is 284 g/mol. The predicted molar refractivity (Wildman–Crippen MR) is 83.2 cm³/mol. The van der Waals surface area contributed by atoms with Crippen LogP contribution in [0.3, 0.4) is 0 Å². The van der Waals surface area contributed by atoms with Crippen molar-refractivity contribution in [2.75, 3.05) is 30.6 Å². The van der Waals surface area contributed by atoms with Crippen molar-refractivity contribution in [1.29, 1.82) is 0 Å². The Morgan fingerprint density at radius 2 is 1.84 bits per heavy atom. The lowest BCUT2D eigenvalue weighted by Crippen LogP contribution is -2.24. The van der Waals surface area contributed by atoms with Crippen LogP contribution >= 0.6 is 23.5 Å². The molecule has 0 radical (unpaired) electrons. The average molecular weight is 306 g/mol. The third-order valence-corrected chi connectivity index (χ3v) is 3.92. The number of amides is 1. The van der Waals surface area contributed by atoms with Crippen molar-refractivity contribution in [2.24, 2.45) is 22.6 Å². The minimum Gasteiger partial charge on any atom is -0.481 e. The number of nitrogens with two attached hydrogens (primary N) is 1. The van der Waals surface area contributed by atoms with E-state index >= 15 is 0 Å². The van der Waals surface area contributed by atoms with Crippen LogP contribution < -0.4 is 5.73 Å². The van der Waals surface area contributed by atoms with Gasteiger partial charge in [0.25, 0.3) is 0 Å². The maximum atomic E-state index is 11.8. The van der Waals surface area contributed by atoms with Crippen molar-refractivity contribution in [1.82, 2.24) is 0 Å². The summed E-state index contributed by atoms with van der Waals surface area (Å²) in [6.45, 7) is 0.249. The number of hydrogen-bond donors (Lipinski definition) is 2. The third-order valence-electron chi connectivity index (χ3n) is 2.64. The zero-order valence-corrected chi connectivity index (χ0v) is 13.0. The second-order valence-corrected chi connectivity index (χ2v) is 6.03. The van der Waals surface area contributed by atoms with Gasteiger partial charge in [0.15, 0.2) is 0 Å². The van der Waals surface area contributed by atoms with Gasteiger partial charge >= 0.3 is 5.97 Å². The maximum Gasteiger partial charge on any atom is 0.311 e. The van der Waals surface area contributed by atoms with E-state index in [1.54, 1.807) is 23.5 Å². The molecule has 5 nitrogen and oxygen atoms in total. The highest BCUT2D eigenvalue weighted by Gasteiger charge is 2.18. The molecule has 0 fully saturated rings. The molecule has 0 aromatic carbocycles. The highest BCUT2D eigenvalue weighted by atomic mass is 32.2. The van der Waals surface area contributed by atoms with E-state index in [0.717, 1.165) is 11.5 Å². The lowest BCUT2D eigenvalue weighted by Gasteiger charge is -2.10. The van der Waals surface area contributed by atoms with Crippen LogP contribution in [0.15, 0.2) is 4.99 Å². The summed E-state index contributed by atoms with van der Waals surface area (Å²) in [4.78, 5) is 26.6. The molecule has 0 aliphatic rings. The van der Waals surface area contributed by atoms with Crippen molar-refractivity contribution in [3.63, 3.8) is 0 Å². The zero-order chi connectivity index (χ0) is 14.7. The van der Waals surface area contributed by atoms with Crippen molar-refractivity contribution >= 4 is 41.6 Å². The second kappa shape index (κ2) is 11.3. The van der Waals surface area contributed by atoms with Crippen LogP contribution in [0.25, 0.3) is 0 Å². The predicted octanol–water partition coefficient (Wildman–Crippen LogP) is 1.37. The van der Waals surface area contributed by atoms with Gasteiger partial charge in [-0.2, -0.15) is 23.5 Å². The number of aliphatic imine (C=N–C) groups is 1. The summed E-state index contributed by atoms with van der Waals surface area (Å²) in [5, 5.41) is 9.01. The van der Waals surface area contributed by atoms with Crippen LogP contribution in [0.2, 0.25) is 0 Å². The first kappa shape index (κ1) is 18.5. The quantitative estimate of drug-likeness (QED) is 0.592. The van der Waals surface area contributed by atoms with E-state index in [1.807, 2.05) is 12.5 Å². The number of carbonyl (C=O) groups is 2. The second-order valence-electron chi connectivity index (χ2n) is 4.06. The van der Waals surface area contributed by atoms with Crippen LogP contribution in [-0.4, -0.2) is 53.8 Å². The Morgan fingerprint density at radius 1 is 1.26 bits per heavy atom. The summed E-state index contributed by atoms with van der Waals surface area (Å²) in [7, 11) is 0. The first-order valence-corrected chi connectivity index (χ1v) is 8.84. The molecule has 0 aromatic rings. The zero-order valence-electron chi connectivity index (χ0n) is 11.4. The molecule has 19 heavy (non-hydrogen) atoms. The number of hydrogen-bond acceptors (Lipinski definition) is 5. The van der Waals surface area contributed by atoms with E-state index < -0.39 is 11.9 Å². The SMILES string of the molecule is CSCCC(C=NC(=O)C(CN)CCSC)C(=O)O. The van der Waals surface area contributed by atoms with Gasteiger partial charge in [-0.05, 0) is 36.9 Å². The van der Waals surface area contributed by atoms with Crippen LogP contribution in [0.1, 0.15) is 12.8 Å². The summed E-state index contributed by atoms with van der Waals surface area (Å²) in [5.74, 6) is -0.692. The van der Waals surface area contributed by atoms with Crippen molar-refractivity contribution in [2.45, 2.75) is 12.8 Å². The summed E-state index contributed by atoms with van der Waals surface area (Å²) in [5.41, 5.74) is 5.54. The Hall–Kier alpha value is -0.530. The molecule has 110 valence electrons. The largest absolute Gasteiger partial charge is 0.481 e. The number of carboxylic acid groups (broad SMARTS) is 1. The molecule has 0 aromatic heterocycles. The Kier molecular flexibility index (Phi) is 11.0. The van der Waals surface area contributed by atoms with E-state index in [4.69, 9.17) is 10.8 Å². The number of rotatable bonds is 10. The molecule has 0 saturated heterocycles. The van der Waals surface area contributed by atoms with E-state index in [-0.39, 0.29) is 18.4 Å². The summed E-state index contributed by atoms with van der Waals surface area (Å²) in [6.07, 6.45) is 6.28. The van der Waals surface area contributed by atoms with Gasteiger partial charge in [0.05, 0.1) is 11.8 Å². The van der Waals surface area contributed by atoms with E-state index in [0.29, 0.717) is 12.8 Å². The normalized spacial score (nSPS) is 14.5. The topological polar surface area (TPSA) is 92.8 Å². The number of carbonyl (C=O) groups excluding carboxylic acids is 1. The van der Waals surface area contributed by atoms with Crippen LogP contribution in [-0.2, 0) is 9.59 Å². The molecule has 0 spiro atoms. The van der Waals surface area contributed by atoms with Crippen LogP contribution in [0.4, 0.5) is 0 Å². The fraction of sp³-hybridized carbons (Fsp3) is 0.750. The highest BCUT2D eigenvalue weighted by Crippen LogP contribution is 2.10. The molecule has 0 heterocycles. The standard InChI is InChI=1S/C12H22N2O3S2/c1-18-5-3-9(7-13)11(15)14-8-10(12(16)17)4-6-19-2/h8-10H,3-7,13H2,1-2H3,(H,16,17). The molecule has 1 amide bonds. The Labute approximate surface area is 122 Å². The summed E-state index contributed by atoms with van der Waals surface area (Å²) < 4.78 is 0. The van der Waals surface area contributed by atoms with Gasteiger partial charge in [0.2, 0.25) is 5.91 Å². The highest BCUT2D eigenvalue weighted by molar-refractivity contribution is 7.98. The number of aliphatic carboxylic acids is 1. The molecule has 0 aliphatic carbocycles. The minimum absolute atomic E-state index is 0.249. The molecule has 7 heteroatoms. The molecule has 3 N–H and O–H groups in total. The lowest BCUT2D eigenvalue weighted by molar-refractivity contribution is -0.139. The fourth-order valence-electron chi connectivity index (χ4n) is 1.38. The Morgan fingerprint density at radius 3 is 2.32 bits per heavy atom. The van der Waals surface area contributed by atoms with E-state index in [9.17, 15) is 9.59 Å². The fourth-order valence-corrected chi connectivity index (χ4v) is 2.39. The molecule has 0 rings (SSSR count). The maximum absolute atomic E-state index is 11.8. The summed E-state index contributed by atoms with van der Waals surface area (Å²) >= 11 is 3.22. The first-order chi connectivity index (χ1) is 9.06. The van der Waals surface area contributed by atoms with E-state index in [1.165, 1.54) is 6.21 Å². The molecule has 0 saturated carbocycles. The van der Waals surface area contributed by atoms with Gasteiger partial charge in [-0.3, -0.25) is 9.59 Å². The van der Waals surface area contributed by atoms with Crippen molar-refractivity contribution in [3.8, 4) is 0 Å². The number of thioether (sulfide) groups is 2. The Bertz CT molecular complexity index is 311. The van der Waals surface area contributed by atoms with Crippen molar-refractivity contribution < 1.29 is 14.7 Å². The third kappa shape index (κ3) is 8.28. The lowest BCUT2D eigenvalue weighted by atomic mass is 10.1. The minimum atomic E-state index is -0.945. The molecule has 0 aliphatic heterocycles. The molecule has 0 bridgehead atoms. The van der Waals surface area contributed by atoms with Gasteiger partial charge in [-0.25, -0.2) is 4.99 Å². The van der Waals surface area contributed by atoms with Gasteiger partial charge in [-0.15, -0.1) is 0 Å². The molecule has 2 unspecified atom stereocenters. The van der Waals surface area contributed by atoms with Gasteiger partial charge in [-0.1, -0.05) is 0 Å². The first-order valence-electron chi connectivity index (χ1n) is 6.05. The van der Waals surface area contributed by atoms with Gasteiger partial charge in [0, 0.05) is 12.8 Å².